The van der Waals surface area contributed by atoms with Crippen molar-refractivity contribution in [2.75, 3.05) is 0 Å². The van der Waals surface area contributed by atoms with Crippen LogP contribution in [0.15, 0.2) is 11.6 Å². The molecule has 0 aromatic carbocycles. The Hall–Kier alpha value is -0.830. The number of hydrogen-bond donors (Lipinski definition) is 2. The highest BCUT2D eigenvalue weighted by molar-refractivity contribution is 5.78. The molecule has 3 nitrogen and oxygen atoms in total. The first-order valence-electron chi connectivity index (χ1n) is 3.52. The molecule has 0 aliphatic rings. The molecule has 0 unspecified atom stereocenters. The fourth-order valence-electron chi connectivity index (χ4n) is 0.503. The Bertz CT molecular complexity index is 179. The van der Waals surface area contributed by atoms with Crippen molar-refractivity contribution in [3.63, 3.8) is 0 Å². The molecule has 0 saturated carbocycles. The summed E-state index contributed by atoms with van der Waals surface area (Å²) in [6, 6.07) is 0. The normalized spacial score (nSPS) is 15.3. The van der Waals surface area contributed by atoms with Gasteiger partial charge in [0.2, 0.25) is 0 Å². The van der Waals surface area contributed by atoms with Crippen molar-refractivity contribution in [3.8, 4) is 0 Å². The maximum Gasteiger partial charge on any atom is 0.323 e. The van der Waals surface area contributed by atoms with Crippen molar-refractivity contribution < 1.29 is 9.90 Å². The van der Waals surface area contributed by atoms with Gasteiger partial charge in [-0.2, -0.15) is 0 Å². The molecule has 11 heavy (non-hydrogen) atoms. The second kappa shape index (κ2) is 3.53. The summed E-state index contributed by atoms with van der Waals surface area (Å²) < 4.78 is 0. The van der Waals surface area contributed by atoms with E-state index in [-0.39, 0.29) is 0 Å². The fraction of sp³-hybridized carbons (Fsp3) is 0.625. The van der Waals surface area contributed by atoms with Crippen LogP contribution in [0.5, 0.6) is 0 Å². The zero-order valence-electron chi connectivity index (χ0n) is 7.22. The van der Waals surface area contributed by atoms with Crippen LogP contribution in [0.1, 0.15) is 27.2 Å². The summed E-state index contributed by atoms with van der Waals surface area (Å²) in [6.07, 6.45) is 2.21. The van der Waals surface area contributed by atoms with Crippen LogP contribution in [0.2, 0.25) is 0 Å². The summed E-state index contributed by atoms with van der Waals surface area (Å²) in [5.41, 5.74) is 5.42. The van der Waals surface area contributed by atoms with E-state index in [1.54, 1.807) is 0 Å². The Labute approximate surface area is 66.9 Å². The van der Waals surface area contributed by atoms with Crippen LogP contribution >= 0.6 is 0 Å². The third-order valence-corrected chi connectivity index (χ3v) is 1.42. The minimum absolute atomic E-state index is 0.380. The van der Waals surface area contributed by atoms with E-state index >= 15 is 0 Å². The lowest BCUT2D eigenvalue weighted by atomic mass is 9.98. The third-order valence-electron chi connectivity index (χ3n) is 1.42. The van der Waals surface area contributed by atoms with Crippen molar-refractivity contribution in [2.24, 2.45) is 5.73 Å². The first kappa shape index (κ1) is 10.2. The largest absolute Gasteiger partial charge is 0.480 e. The van der Waals surface area contributed by atoms with E-state index in [0.717, 1.165) is 5.57 Å². The molecular formula is C8H15NO2. The van der Waals surface area contributed by atoms with Crippen LogP contribution in [0.3, 0.4) is 0 Å². The number of aliphatic carboxylic acids is 1. The number of allylic oxidation sites excluding steroid dienone is 1. The van der Waals surface area contributed by atoms with Gasteiger partial charge >= 0.3 is 5.97 Å². The fourth-order valence-corrected chi connectivity index (χ4v) is 0.503. The third kappa shape index (κ3) is 3.78. The van der Waals surface area contributed by atoms with Gasteiger partial charge in [-0.25, -0.2) is 0 Å². The lowest BCUT2D eigenvalue weighted by molar-refractivity contribution is -0.142. The molecule has 0 saturated heterocycles. The van der Waals surface area contributed by atoms with Crippen LogP contribution in [-0.4, -0.2) is 16.6 Å². The lowest BCUT2D eigenvalue weighted by Crippen LogP contribution is -2.44. The minimum Gasteiger partial charge on any atom is -0.480 e. The molecular weight excluding hydrogens is 142 g/mol. The van der Waals surface area contributed by atoms with Crippen LogP contribution < -0.4 is 5.73 Å². The predicted octanol–water partition coefficient (Wildman–Crippen LogP) is 1.14. The number of nitrogens with two attached hydrogens (primary N) is 1. The summed E-state index contributed by atoms with van der Waals surface area (Å²) in [4.78, 5) is 10.5. The monoisotopic (exact) mass is 157 g/mol. The van der Waals surface area contributed by atoms with Crippen molar-refractivity contribution in [1.82, 2.24) is 0 Å². The Morgan fingerprint density at radius 1 is 1.64 bits per heavy atom. The molecule has 0 amide bonds. The Kier molecular flexibility index (Phi) is 3.26. The average molecular weight is 157 g/mol. The zero-order valence-corrected chi connectivity index (χ0v) is 7.22. The summed E-state index contributed by atoms with van der Waals surface area (Å²) in [6.45, 7) is 5.34. The molecule has 0 bridgehead atoms. The highest BCUT2D eigenvalue weighted by Gasteiger charge is 2.25. The quantitative estimate of drug-likeness (QED) is 0.604. The van der Waals surface area contributed by atoms with E-state index in [2.05, 4.69) is 0 Å². The molecule has 1 atom stereocenters. The first-order valence-corrected chi connectivity index (χ1v) is 3.52. The van der Waals surface area contributed by atoms with Crippen molar-refractivity contribution in [3.05, 3.63) is 11.6 Å². The Morgan fingerprint density at radius 2 is 2.09 bits per heavy atom. The maximum atomic E-state index is 10.5. The first-order chi connectivity index (χ1) is 4.86. The average Bonchev–Trinajstić information content (AvgIpc) is 1.84. The van der Waals surface area contributed by atoms with Crippen molar-refractivity contribution in [1.29, 1.82) is 0 Å². The number of rotatable bonds is 3. The zero-order chi connectivity index (χ0) is 9.07. The van der Waals surface area contributed by atoms with E-state index in [4.69, 9.17) is 10.8 Å². The van der Waals surface area contributed by atoms with Crippen LogP contribution in [0.4, 0.5) is 0 Å². The molecule has 0 spiro atoms. The molecule has 0 heterocycles. The molecule has 0 aromatic rings. The van der Waals surface area contributed by atoms with Gasteiger partial charge < -0.3 is 10.8 Å². The van der Waals surface area contributed by atoms with Gasteiger partial charge in [-0.05, 0) is 27.2 Å². The molecule has 3 heteroatoms. The second-order valence-electron chi connectivity index (χ2n) is 3.21. The molecule has 0 radical (unpaired) electrons. The maximum absolute atomic E-state index is 10.5. The van der Waals surface area contributed by atoms with Gasteiger partial charge in [0.15, 0.2) is 0 Å². The molecule has 0 aliphatic carbocycles. The van der Waals surface area contributed by atoms with Crippen molar-refractivity contribution in [2.45, 2.75) is 32.7 Å². The number of carboxylic acid groups (broad SMARTS) is 1. The number of carbonyl (C=O) groups is 1. The summed E-state index contributed by atoms with van der Waals surface area (Å²) in [5.74, 6) is -0.963. The molecule has 0 aromatic heterocycles. The molecule has 64 valence electrons. The molecule has 0 rings (SSSR count). The summed E-state index contributed by atoms with van der Waals surface area (Å²) >= 11 is 0. The van der Waals surface area contributed by atoms with Crippen LogP contribution in [-0.2, 0) is 4.79 Å². The Morgan fingerprint density at radius 3 is 2.36 bits per heavy atom. The van der Waals surface area contributed by atoms with Crippen LogP contribution in [0.25, 0.3) is 0 Å². The van der Waals surface area contributed by atoms with Gasteiger partial charge in [-0.3, -0.25) is 4.79 Å². The Balaban J connectivity index is 4.14. The standard InChI is InChI=1S/C8H15NO2/c1-6(2)4-5-8(3,9)7(10)11/h4H,5,9H2,1-3H3,(H,10,11)/t8-/m1/s1. The highest BCUT2D eigenvalue weighted by atomic mass is 16.4. The number of carboxylic acids is 1. The van der Waals surface area contributed by atoms with E-state index in [0.29, 0.717) is 6.42 Å². The van der Waals surface area contributed by atoms with E-state index in [9.17, 15) is 4.79 Å². The van der Waals surface area contributed by atoms with Crippen molar-refractivity contribution >= 4 is 5.97 Å². The highest BCUT2D eigenvalue weighted by Crippen LogP contribution is 2.08. The summed E-state index contributed by atoms with van der Waals surface area (Å²) in [7, 11) is 0. The van der Waals surface area contributed by atoms with E-state index < -0.39 is 11.5 Å². The van der Waals surface area contributed by atoms with Gasteiger partial charge in [0.1, 0.15) is 5.54 Å². The molecule has 3 N–H and O–H groups in total. The molecule has 0 aliphatic heterocycles. The summed E-state index contributed by atoms with van der Waals surface area (Å²) in [5, 5.41) is 8.60. The van der Waals surface area contributed by atoms with Gasteiger partial charge in [0.25, 0.3) is 0 Å². The lowest BCUT2D eigenvalue weighted by Gasteiger charge is -2.16. The number of hydrogen-bond acceptors (Lipinski definition) is 2. The second-order valence-corrected chi connectivity index (χ2v) is 3.21. The minimum atomic E-state index is -1.13. The van der Waals surface area contributed by atoms with E-state index in [1.807, 2.05) is 19.9 Å². The van der Waals surface area contributed by atoms with Gasteiger partial charge in [-0.1, -0.05) is 11.6 Å². The van der Waals surface area contributed by atoms with E-state index in [1.165, 1.54) is 6.92 Å². The molecule has 0 fully saturated rings. The van der Waals surface area contributed by atoms with Gasteiger partial charge in [-0.15, -0.1) is 0 Å². The predicted molar refractivity (Wildman–Crippen MR) is 44.3 cm³/mol. The SMILES string of the molecule is CC(C)=CC[C@@](C)(N)C(=O)O. The van der Waals surface area contributed by atoms with Crippen LogP contribution in [0, 0.1) is 0 Å². The van der Waals surface area contributed by atoms with Gasteiger partial charge in [0, 0.05) is 0 Å². The topological polar surface area (TPSA) is 63.3 Å². The van der Waals surface area contributed by atoms with Gasteiger partial charge in [0.05, 0.1) is 0 Å². The smallest absolute Gasteiger partial charge is 0.323 e.